The van der Waals surface area contributed by atoms with Crippen LogP contribution >= 0.6 is 0 Å². The van der Waals surface area contributed by atoms with Crippen molar-refractivity contribution < 1.29 is 28.8 Å². The predicted molar refractivity (Wildman–Crippen MR) is 123 cm³/mol. The molecule has 1 aliphatic heterocycles. The molecule has 0 atom stereocenters. The van der Waals surface area contributed by atoms with E-state index < -0.39 is 28.3 Å². The molecular formula is C23H24N4O7. The van der Waals surface area contributed by atoms with Crippen molar-refractivity contribution >= 4 is 35.2 Å². The van der Waals surface area contributed by atoms with Gasteiger partial charge in [0.1, 0.15) is 17.2 Å². The van der Waals surface area contributed by atoms with Gasteiger partial charge in [0.25, 0.3) is 17.5 Å². The average molecular weight is 468 g/mol. The molecule has 11 heteroatoms. The predicted octanol–water partition coefficient (Wildman–Crippen LogP) is 2.87. The summed E-state index contributed by atoms with van der Waals surface area (Å²) in [4.78, 5) is 48.0. The number of hydrazine groups is 1. The van der Waals surface area contributed by atoms with Crippen molar-refractivity contribution in [2.75, 3.05) is 32.6 Å². The molecule has 1 heterocycles. The number of carbonyl (C=O) groups is 3. The highest BCUT2D eigenvalue weighted by molar-refractivity contribution is 6.00. The summed E-state index contributed by atoms with van der Waals surface area (Å²) in [6, 6.07) is 8.92. The quantitative estimate of drug-likeness (QED) is 0.375. The fourth-order valence-corrected chi connectivity index (χ4v) is 3.53. The molecule has 11 nitrogen and oxygen atoms in total. The van der Waals surface area contributed by atoms with Gasteiger partial charge >= 0.3 is 0 Å². The smallest absolute Gasteiger partial charge is 0.293 e. The summed E-state index contributed by atoms with van der Waals surface area (Å²) in [6.07, 6.45) is 3.45. The van der Waals surface area contributed by atoms with Gasteiger partial charge in [-0.25, -0.2) is 10.0 Å². The van der Waals surface area contributed by atoms with E-state index >= 15 is 0 Å². The molecule has 3 amide bonds. The Bertz CT molecular complexity index is 1160. The van der Waals surface area contributed by atoms with E-state index in [2.05, 4.69) is 5.32 Å². The number of amides is 3. The van der Waals surface area contributed by atoms with Gasteiger partial charge in [-0.15, -0.1) is 0 Å². The lowest BCUT2D eigenvalue weighted by Gasteiger charge is -2.27. The van der Waals surface area contributed by atoms with Gasteiger partial charge in [-0.05, 0) is 42.8 Å². The van der Waals surface area contributed by atoms with Crippen LogP contribution in [0.25, 0.3) is 6.08 Å². The van der Waals surface area contributed by atoms with Crippen LogP contribution in [0.15, 0.2) is 42.5 Å². The molecule has 1 fully saturated rings. The highest BCUT2D eigenvalue weighted by Crippen LogP contribution is 2.28. The molecule has 0 radical (unpaired) electrons. The summed E-state index contributed by atoms with van der Waals surface area (Å²) in [5.74, 6) is -0.324. The first-order chi connectivity index (χ1) is 16.2. The molecule has 2 aromatic rings. The van der Waals surface area contributed by atoms with E-state index in [0.717, 1.165) is 6.07 Å². The third kappa shape index (κ3) is 5.31. The number of hydrogen-bond donors (Lipinski definition) is 1. The Morgan fingerprint density at radius 1 is 1.06 bits per heavy atom. The second-order valence-electron chi connectivity index (χ2n) is 7.35. The van der Waals surface area contributed by atoms with E-state index in [-0.39, 0.29) is 17.8 Å². The van der Waals surface area contributed by atoms with E-state index in [0.29, 0.717) is 30.0 Å². The van der Waals surface area contributed by atoms with Gasteiger partial charge in [0.05, 0.1) is 19.1 Å². The Balaban J connectivity index is 1.82. The number of nitro groups is 1. The van der Waals surface area contributed by atoms with Crippen molar-refractivity contribution in [2.45, 2.75) is 13.3 Å². The van der Waals surface area contributed by atoms with Gasteiger partial charge in [0.2, 0.25) is 5.91 Å². The second-order valence-corrected chi connectivity index (χ2v) is 7.35. The first-order valence-corrected chi connectivity index (χ1v) is 10.3. The number of benzene rings is 2. The van der Waals surface area contributed by atoms with E-state index in [1.165, 1.54) is 49.4 Å². The van der Waals surface area contributed by atoms with Crippen molar-refractivity contribution in [1.82, 2.24) is 10.0 Å². The van der Waals surface area contributed by atoms with Crippen LogP contribution in [0, 0.1) is 10.1 Å². The highest BCUT2D eigenvalue weighted by atomic mass is 16.6. The Morgan fingerprint density at radius 2 is 1.79 bits per heavy atom. The van der Waals surface area contributed by atoms with Gasteiger partial charge in [0.15, 0.2) is 0 Å². The van der Waals surface area contributed by atoms with Crippen molar-refractivity contribution in [2.24, 2.45) is 0 Å². The summed E-state index contributed by atoms with van der Waals surface area (Å²) in [5, 5.41) is 16.3. The first-order valence-electron chi connectivity index (χ1n) is 10.3. The van der Waals surface area contributed by atoms with E-state index in [4.69, 9.17) is 9.47 Å². The molecule has 1 N–H and O–H groups in total. The van der Waals surface area contributed by atoms with Crippen LogP contribution in [0.3, 0.4) is 0 Å². The van der Waals surface area contributed by atoms with Crippen molar-refractivity contribution in [3.63, 3.8) is 0 Å². The molecule has 2 aromatic carbocycles. The molecule has 0 aromatic heterocycles. The van der Waals surface area contributed by atoms with Crippen LogP contribution in [-0.4, -0.2) is 60.0 Å². The monoisotopic (exact) mass is 468 g/mol. The summed E-state index contributed by atoms with van der Waals surface area (Å²) >= 11 is 0. The van der Waals surface area contributed by atoms with Gasteiger partial charge in [-0.3, -0.25) is 24.5 Å². The standard InChI is InChI=1S/C23H24N4O7/c1-15(28)24-19-8-5-17(14-20(19)27(31)32)23(30)26-12-4-11-25(26)22(29)10-6-16-13-18(33-2)7-9-21(16)34-3/h5-10,13-14H,4,11-12H2,1-3H3,(H,24,28)/b10-6+. The lowest BCUT2D eigenvalue weighted by Crippen LogP contribution is -2.44. The van der Waals surface area contributed by atoms with Crippen LogP contribution in [0.5, 0.6) is 11.5 Å². The van der Waals surface area contributed by atoms with Gasteiger partial charge < -0.3 is 14.8 Å². The van der Waals surface area contributed by atoms with Crippen LogP contribution < -0.4 is 14.8 Å². The minimum atomic E-state index is -0.681. The van der Waals surface area contributed by atoms with E-state index in [1.54, 1.807) is 24.3 Å². The van der Waals surface area contributed by atoms with Crippen molar-refractivity contribution in [3.05, 3.63) is 63.7 Å². The third-order valence-corrected chi connectivity index (χ3v) is 5.11. The molecular weight excluding hydrogens is 444 g/mol. The molecule has 1 saturated heterocycles. The SMILES string of the molecule is COc1ccc(OC)c(/C=C/C(=O)N2CCCN2C(=O)c2ccc(NC(C)=O)c([N+](=O)[O-])c2)c1. The number of rotatable bonds is 7. The summed E-state index contributed by atoms with van der Waals surface area (Å²) < 4.78 is 10.5. The fourth-order valence-electron chi connectivity index (χ4n) is 3.53. The van der Waals surface area contributed by atoms with Gasteiger partial charge in [0, 0.05) is 43.3 Å². The normalized spacial score (nSPS) is 13.1. The van der Waals surface area contributed by atoms with Crippen LogP contribution in [0.2, 0.25) is 0 Å². The number of nitro benzene ring substituents is 1. The molecule has 178 valence electrons. The number of ether oxygens (including phenoxy) is 2. The molecule has 0 aliphatic carbocycles. The maximum atomic E-state index is 13.1. The minimum Gasteiger partial charge on any atom is -0.497 e. The summed E-state index contributed by atoms with van der Waals surface area (Å²) in [6.45, 7) is 1.82. The highest BCUT2D eigenvalue weighted by Gasteiger charge is 2.31. The van der Waals surface area contributed by atoms with E-state index in [1.807, 2.05) is 0 Å². The lowest BCUT2D eigenvalue weighted by molar-refractivity contribution is -0.384. The van der Waals surface area contributed by atoms with Crippen LogP contribution in [-0.2, 0) is 9.59 Å². The molecule has 0 spiro atoms. The fraction of sp³-hybridized carbons (Fsp3) is 0.261. The third-order valence-electron chi connectivity index (χ3n) is 5.11. The Morgan fingerprint density at radius 3 is 2.44 bits per heavy atom. The number of nitrogens with zero attached hydrogens (tertiary/aromatic N) is 3. The molecule has 3 rings (SSSR count). The Kier molecular flexibility index (Phi) is 7.46. The topological polar surface area (TPSA) is 131 Å². The second kappa shape index (κ2) is 10.5. The van der Waals surface area contributed by atoms with Crippen molar-refractivity contribution in [3.8, 4) is 11.5 Å². The average Bonchev–Trinajstić information content (AvgIpc) is 3.31. The van der Waals surface area contributed by atoms with E-state index in [9.17, 15) is 24.5 Å². The maximum Gasteiger partial charge on any atom is 0.293 e. The Labute approximate surface area is 195 Å². The first kappa shape index (κ1) is 24.2. The number of methoxy groups -OCH3 is 2. The lowest BCUT2D eigenvalue weighted by atomic mass is 10.1. The van der Waals surface area contributed by atoms with Gasteiger partial charge in [-0.1, -0.05) is 0 Å². The van der Waals surface area contributed by atoms with Crippen LogP contribution in [0.1, 0.15) is 29.3 Å². The van der Waals surface area contributed by atoms with Gasteiger partial charge in [-0.2, -0.15) is 0 Å². The number of carbonyl (C=O) groups excluding carboxylic acids is 3. The largest absolute Gasteiger partial charge is 0.497 e. The zero-order valence-corrected chi connectivity index (χ0v) is 18.9. The number of hydrogen-bond acceptors (Lipinski definition) is 7. The molecule has 34 heavy (non-hydrogen) atoms. The van der Waals surface area contributed by atoms with Crippen LogP contribution in [0.4, 0.5) is 11.4 Å². The summed E-state index contributed by atoms with van der Waals surface area (Å²) in [5.41, 5.74) is 0.220. The zero-order valence-electron chi connectivity index (χ0n) is 18.9. The minimum absolute atomic E-state index is 0.0152. The Hall–Kier alpha value is -4.41. The van der Waals surface area contributed by atoms with Crippen molar-refractivity contribution in [1.29, 1.82) is 0 Å². The molecule has 0 saturated carbocycles. The molecule has 0 unspecified atom stereocenters. The zero-order chi connectivity index (χ0) is 24.8. The maximum absolute atomic E-state index is 13.1. The molecule has 0 bridgehead atoms. The summed E-state index contributed by atoms with van der Waals surface area (Å²) in [7, 11) is 3.04. The number of anilines is 1. The molecule has 1 aliphatic rings. The number of nitrogens with one attached hydrogen (secondary N) is 1.